The molecule has 0 aromatic heterocycles. The van der Waals surface area contributed by atoms with Crippen LogP contribution in [0.4, 0.5) is 0 Å². The monoisotopic (exact) mass is 187 g/mol. The minimum atomic E-state index is -2.27. The van der Waals surface area contributed by atoms with Crippen LogP contribution in [0, 0.1) is 0 Å². The van der Waals surface area contributed by atoms with Gasteiger partial charge in [0.15, 0.2) is 6.16 Å². The Hall–Kier alpha value is 1.15. The Balaban J connectivity index is 0. The topological polar surface area (TPSA) is 40.1 Å². The molecule has 0 bridgehead atoms. The maximum atomic E-state index is 10.0. The number of rotatable bonds is 4. The SMILES string of the molecule is C=C(C[P+](=O)[O-])SCC.[Na+]. The summed E-state index contributed by atoms with van der Waals surface area (Å²) in [5.41, 5.74) is 0. The second-order valence-corrected chi connectivity index (χ2v) is 3.89. The van der Waals surface area contributed by atoms with E-state index in [1.807, 2.05) is 6.92 Å². The summed E-state index contributed by atoms with van der Waals surface area (Å²) in [6.07, 6.45) is 0.119. The van der Waals surface area contributed by atoms with Gasteiger partial charge in [-0.05, 0) is 5.75 Å². The predicted octanol–water partition coefficient (Wildman–Crippen LogP) is -1.64. The van der Waals surface area contributed by atoms with Gasteiger partial charge in [-0.3, -0.25) is 0 Å². The minimum absolute atomic E-state index is 0. The molecule has 0 spiro atoms. The molecule has 0 amide bonds. The van der Waals surface area contributed by atoms with Crippen LogP contribution < -0.4 is 34.5 Å². The van der Waals surface area contributed by atoms with Crippen molar-refractivity contribution in [3.63, 3.8) is 0 Å². The van der Waals surface area contributed by atoms with E-state index in [0.717, 1.165) is 10.7 Å². The van der Waals surface area contributed by atoms with Crippen LogP contribution in [0.5, 0.6) is 0 Å². The van der Waals surface area contributed by atoms with Gasteiger partial charge in [0.05, 0.1) is 0 Å². The van der Waals surface area contributed by atoms with Crippen LogP contribution in [-0.2, 0) is 4.57 Å². The van der Waals surface area contributed by atoms with Crippen molar-refractivity contribution >= 4 is 19.8 Å². The van der Waals surface area contributed by atoms with Crippen molar-refractivity contribution in [3.05, 3.63) is 11.5 Å². The molecule has 0 aromatic rings. The van der Waals surface area contributed by atoms with Crippen LogP contribution in [0.3, 0.4) is 0 Å². The smallest absolute Gasteiger partial charge is 0.595 e. The fraction of sp³-hybridized carbons (Fsp3) is 0.600. The molecular formula is C5H9NaO2PS+. The largest absolute Gasteiger partial charge is 1.00 e. The summed E-state index contributed by atoms with van der Waals surface area (Å²) < 4.78 is 10.0. The summed E-state index contributed by atoms with van der Waals surface area (Å²) in [5.74, 6) is 0.891. The van der Waals surface area contributed by atoms with E-state index in [4.69, 9.17) is 0 Å². The van der Waals surface area contributed by atoms with E-state index in [1.54, 1.807) is 0 Å². The molecule has 0 N–H and O–H groups in total. The van der Waals surface area contributed by atoms with Gasteiger partial charge in [-0.1, -0.05) is 18.1 Å². The van der Waals surface area contributed by atoms with Crippen LogP contribution in [0.25, 0.3) is 0 Å². The van der Waals surface area contributed by atoms with Gasteiger partial charge >= 0.3 is 37.6 Å². The zero-order valence-corrected chi connectivity index (χ0v) is 10.0. The molecule has 5 heteroatoms. The van der Waals surface area contributed by atoms with Gasteiger partial charge in [-0.15, -0.1) is 11.8 Å². The average molecular weight is 187 g/mol. The van der Waals surface area contributed by atoms with Crippen molar-refractivity contribution in [2.24, 2.45) is 0 Å². The Morgan fingerprint density at radius 3 is 2.60 bits per heavy atom. The molecule has 0 aliphatic heterocycles. The number of thioether (sulfide) groups is 1. The number of allylic oxidation sites excluding steroid dienone is 1. The first-order chi connectivity index (χ1) is 4.16. The summed E-state index contributed by atoms with van der Waals surface area (Å²) in [6, 6.07) is 0. The van der Waals surface area contributed by atoms with Crippen LogP contribution >= 0.6 is 19.8 Å². The van der Waals surface area contributed by atoms with Gasteiger partial charge in [-0.25, -0.2) is 0 Å². The molecule has 0 radical (unpaired) electrons. The van der Waals surface area contributed by atoms with Gasteiger partial charge in [0, 0.05) is 4.91 Å². The standard InChI is InChI=1S/C5H9O2PS.Na/c1-3-9-5(2)4-8(6)7;/h2-4H2,1H3;/q;+1. The molecule has 1 atom stereocenters. The fourth-order valence-corrected chi connectivity index (χ4v) is 1.77. The Morgan fingerprint density at radius 2 is 2.30 bits per heavy atom. The van der Waals surface area contributed by atoms with Crippen LogP contribution in [-0.4, -0.2) is 11.9 Å². The average Bonchev–Trinajstić information content (AvgIpc) is 1.63. The molecule has 10 heavy (non-hydrogen) atoms. The van der Waals surface area contributed by atoms with Gasteiger partial charge in [0.1, 0.15) is 0 Å². The van der Waals surface area contributed by atoms with Crippen molar-refractivity contribution in [3.8, 4) is 0 Å². The molecule has 0 saturated carbocycles. The fourth-order valence-electron chi connectivity index (χ4n) is 0.394. The minimum Gasteiger partial charge on any atom is -0.595 e. The Bertz CT molecular complexity index is 129. The molecule has 0 aromatic carbocycles. The molecule has 0 saturated heterocycles. The Kier molecular flexibility index (Phi) is 11.3. The van der Waals surface area contributed by atoms with E-state index in [0.29, 0.717) is 0 Å². The quantitative estimate of drug-likeness (QED) is 0.391. The maximum Gasteiger partial charge on any atom is 1.00 e. The first-order valence-corrected chi connectivity index (χ1v) is 4.94. The van der Waals surface area contributed by atoms with Gasteiger partial charge in [0.25, 0.3) is 0 Å². The van der Waals surface area contributed by atoms with Crippen molar-refractivity contribution in [1.82, 2.24) is 0 Å². The van der Waals surface area contributed by atoms with E-state index in [-0.39, 0.29) is 35.7 Å². The van der Waals surface area contributed by atoms with Crippen LogP contribution in [0.2, 0.25) is 0 Å². The van der Waals surface area contributed by atoms with E-state index in [1.165, 1.54) is 11.8 Å². The Labute approximate surface area is 88.6 Å². The summed E-state index contributed by atoms with van der Waals surface area (Å²) in [6.45, 7) is 5.53. The number of hydrogen-bond donors (Lipinski definition) is 0. The van der Waals surface area contributed by atoms with Gasteiger partial charge < -0.3 is 4.89 Å². The zero-order valence-electron chi connectivity index (χ0n) is 6.29. The van der Waals surface area contributed by atoms with E-state index in [9.17, 15) is 9.46 Å². The van der Waals surface area contributed by atoms with E-state index in [2.05, 4.69) is 6.58 Å². The molecule has 0 aliphatic carbocycles. The molecular weight excluding hydrogens is 178 g/mol. The third-order valence-electron chi connectivity index (χ3n) is 0.654. The third-order valence-corrected chi connectivity index (χ3v) is 2.35. The summed E-state index contributed by atoms with van der Waals surface area (Å²) in [4.78, 5) is 10.8. The second-order valence-electron chi connectivity index (χ2n) is 1.46. The number of hydrogen-bond acceptors (Lipinski definition) is 3. The van der Waals surface area contributed by atoms with Gasteiger partial charge in [0.2, 0.25) is 0 Å². The van der Waals surface area contributed by atoms with Crippen LogP contribution in [0.15, 0.2) is 11.5 Å². The first kappa shape index (κ1) is 13.7. The summed E-state index contributed by atoms with van der Waals surface area (Å²) in [5, 5.41) is 0. The maximum absolute atomic E-state index is 10.0. The normalized spacial score (nSPS) is 10.0. The van der Waals surface area contributed by atoms with Crippen molar-refractivity contribution in [1.29, 1.82) is 0 Å². The zero-order chi connectivity index (χ0) is 7.28. The molecule has 0 aliphatic rings. The molecule has 0 heterocycles. The van der Waals surface area contributed by atoms with Crippen LogP contribution in [0.1, 0.15) is 6.92 Å². The molecule has 1 unspecified atom stereocenters. The van der Waals surface area contributed by atoms with Crippen molar-refractivity contribution in [2.75, 3.05) is 11.9 Å². The second kappa shape index (κ2) is 8.25. The summed E-state index contributed by atoms with van der Waals surface area (Å²) in [7, 11) is -2.27. The van der Waals surface area contributed by atoms with Gasteiger partial charge in [-0.2, -0.15) is 0 Å². The molecule has 0 fully saturated rings. The first-order valence-electron chi connectivity index (χ1n) is 2.59. The molecule has 52 valence electrons. The predicted molar refractivity (Wildman–Crippen MR) is 39.7 cm³/mol. The van der Waals surface area contributed by atoms with E-state index >= 15 is 0 Å². The van der Waals surface area contributed by atoms with E-state index < -0.39 is 8.03 Å². The molecule has 2 nitrogen and oxygen atoms in total. The third kappa shape index (κ3) is 9.15. The summed E-state index contributed by atoms with van der Waals surface area (Å²) >= 11 is 1.48. The van der Waals surface area contributed by atoms with Crippen molar-refractivity contribution in [2.45, 2.75) is 6.92 Å². The van der Waals surface area contributed by atoms with Crippen molar-refractivity contribution < 1.29 is 39.0 Å². The Morgan fingerprint density at radius 1 is 1.80 bits per heavy atom. The molecule has 0 rings (SSSR count).